The van der Waals surface area contributed by atoms with E-state index in [1.807, 2.05) is 12.1 Å². The molecule has 3 heteroatoms. The fraction of sp³-hybridized carbons (Fsp3) is 0.316. The number of hydrogen-bond acceptors (Lipinski definition) is 3. The summed E-state index contributed by atoms with van der Waals surface area (Å²) in [6.45, 7) is 3.03. The first-order valence-electron chi connectivity index (χ1n) is 7.98. The van der Waals surface area contributed by atoms with Gasteiger partial charge >= 0.3 is 0 Å². The highest BCUT2D eigenvalue weighted by Crippen LogP contribution is 2.33. The van der Waals surface area contributed by atoms with Crippen LogP contribution in [0.2, 0.25) is 0 Å². The molecule has 112 valence electrons. The minimum absolute atomic E-state index is 0.595. The monoisotopic (exact) mass is 292 g/mol. The number of rotatable bonds is 5. The van der Waals surface area contributed by atoms with Gasteiger partial charge in [-0.05, 0) is 43.4 Å². The molecule has 1 saturated carbocycles. The number of anilines is 1. The Labute approximate surface area is 130 Å². The number of oxazole rings is 1. The number of para-hydroxylation sites is 1. The zero-order valence-electron chi connectivity index (χ0n) is 12.8. The highest BCUT2D eigenvalue weighted by molar-refractivity contribution is 5.77. The van der Waals surface area contributed by atoms with Crippen molar-refractivity contribution in [2.75, 3.05) is 11.4 Å². The van der Waals surface area contributed by atoms with E-state index in [0.717, 1.165) is 35.6 Å². The van der Waals surface area contributed by atoms with Crippen molar-refractivity contribution in [1.29, 1.82) is 0 Å². The van der Waals surface area contributed by atoms with Gasteiger partial charge in [-0.2, -0.15) is 4.98 Å². The van der Waals surface area contributed by atoms with Crippen LogP contribution in [0.25, 0.3) is 11.1 Å². The van der Waals surface area contributed by atoms with Crippen molar-refractivity contribution in [1.82, 2.24) is 4.98 Å². The molecule has 0 atom stereocenters. The van der Waals surface area contributed by atoms with Gasteiger partial charge in [0.1, 0.15) is 5.52 Å². The van der Waals surface area contributed by atoms with Gasteiger partial charge in [0, 0.05) is 12.6 Å². The molecule has 0 spiro atoms. The Morgan fingerprint density at radius 2 is 1.91 bits per heavy atom. The van der Waals surface area contributed by atoms with Gasteiger partial charge in [-0.1, -0.05) is 42.5 Å². The lowest BCUT2D eigenvalue weighted by Crippen LogP contribution is -2.28. The molecule has 1 fully saturated rings. The van der Waals surface area contributed by atoms with Crippen molar-refractivity contribution in [3.63, 3.8) is 0 Å². The number of aryl methyl sites for hydroxylation is 1. The summed E-state index contributed by atoms with van der Waals surface area (Å²) in [7, 11) is 0. The van der Waals surface area contributed by atoms with E-state index >= 15 is 0 Å². The first-order valence-corrected chi connectivity index (χ1v) is 7.98. The molecule has 0 aliphatic heterocycles. The van der Waals surface area contributed by atoms with E-state index in [1.54, 1.807) is 0 Å². The third kappa shape index (κ3) is 2.59. The lowest BCUT2D eigenvalue weighted by atomic mass is 10.1. The molecule has 0 radical (unpaired) electrons. The standard InChI is InChI=1S/C19H20N2O/c1-14-6-5-9-17-18(14)22-19(20-17)21(16-10-11-16)13-12-15-7-3-2-4-8-15/h2-9,16H,10-13H2,1H3. The Morgan fingerprint density at radius 1 is 1.09 bits per heavy atom. The van der Waals surface area contributed by atoms with Crippen molar-refractivity contribution in [2.24, 2.45) is 0 Å². The minimum Gasteiger partial charge on any atom is -0.423 e. The number of benzene rings is 2. The second-order valence-corrected chi connectivity index (χ2v) is 6.08. The van der Waals surface area contributed by atoms with E-state index in [1.165, 1.54) is 18.4 Å². The highest BCUT2D eigenvalue weighted by Gasteiger charge is 2.32. The Morgan fingerprint density at radius 3 is 2.64 bits per heavy atom. The van der Waals surface area contributed by atoms with E-state index < -0.39 is 0 Å². The lowest BCUT2D eigenvalue weighted by Gasteiger charge is -2.19. The third-order valence-corrected chi connectivity index (χ3v) is 4.32. The molecule has 1 aromatic heterocycles. The maximum atomic E-state index is 6.07. The van der Waals surface area contributed by atoms with Gasteiger partial charge in [0.2, 0.25) is 0 Å². The first-order chi connectivity index (χ1) is 10.8. The van der Waals surface area contributed by atoms with Crippen LogP contribution in [0.15, 0.2) is 52.9 Å². The van der Waals surface area contributed by atoms with Crippen LogP contribution in [0.3, 0.4) is 0 Å². The van der Waals surface area contributed by atoms with Crippen LogP contribution in [0.1, 0.15) is 24.0 Å². The van der Waals surface area contributed by atoms with Crippen molar-refractivity contribution >= 4 is 17.1 Å². The average molecular weight is 292 g/mol. The number of fused-ring (bicyclic) bond motifs is 1. The van der Waals surface area contributed by atoms with Crippen molar-refractivity contribution in [2.45, 2.75) is 32.2 Å². The second-order valence-electron chi connectivity index (χ2n) is 6.08. The van der Waals surface area contributed by atoms with Crippen LogP contribution >= 0.6 is 0 Å². The molecule has 0 saturated heterocycles. The molecule has 1 aliphatic rings. The summed E-state index contributed by atoms with van der Waals surface area (Å²) in [4.78, 5) is 7.05. The van der Waals surface area contributed by atoms with Gasteiger partial charge in [0.05, 0.1) is 0 Å². The van der Waals surface area contributed by atoms with Gasteiger partial charge in [0.15, 0.2) is 5.58 Å². The Bertz CT molecular complexity index is 774. The fourth-order valence-corrected chi connectivity index (χ4v) is 2.91. The number of aromatic nitrogens is 1. The molecule has 1 aliphatic carbocycles. The van der Waals surface area contributed by atoms with Crippen molar-refractivity contribution in [3.8, 4) is 0 Å². The van der Waals surface area contributed by atoms with Gasteiger partial charge in [0.25, 0.3) is 6.01 Å². The summed E-state index contributed by atoms with van der Waals surface area (Å²) in [5, 5.41) is 0. The topological polar surface area (TPSA) is 29.3 Å². The SMILES string of the molecule is Cc1cccc2nc(N(CCc3ccccc3)C3CC3)oc12. The molecule has 3 aromatic rings. The van der Waals surface area contributed by atoms with E-state index in [0.29, 0.717) is 6.04 Å². The fourth-order valence-electron chi connectivity index (χ4n) is 2.91. The van der Waals surface area contributed by atoms with Gasteiger partial charge in [-0.25, -0.2) is 0 Å². The van der Waals surface area contributed by atoms with Crippen molar-refractivity contribution in [3.05, 3.63) is 59.7 Å². The van der Waals surface area contributed by atoms with Crippen LogP contribution < -0.4 is 4.90 Å². The third-order valence-electron chi connectivity index (χ3n) is 4.32. The summed E-state index contributed by atoms with van der Waals surface area (Å²) in [6.07, 6.45) is 3.51. The van der Waals surface area contributed by atoms with Crippen molar-refractivity contribution < 1.29 is 4.42 Å². The Balaban J connectivity index is 1.59. The summed E-state index contributed by atoms with van der Waals surface area (Å²) in [6, 6.07) is 18.1. The van der Waals surface area contributed by atoms with Crippen LogP contribution in [0.5, 0.6) is 0 Å². The molecule has 0 amide bonds. The number of nitrogens with zero attached hydrogens (tertiary/aromatic N) is 2. The van der Waals surface area contributed by atoms with E-state index in [4.69, 9.17) is 9.40 Å². The quantitative estimate of drug-likeness (QED) is 0.700. The first kappa shape index (κ1) is 13.4. The largest absolute Gasteiger partial charge is 0.423 e. The molecule has 3 nitrogen and oxygen atoms in total. The molecular weight excluding hydrogens is 272 g/mol. The van der Waals surface area contributed by atoms with E-state index in [2.05, 4.69) is 48.2 Å². The molecule has 0 bridgehead atoms. The maximum Gasteiger partial charge on any atom is 0.298 e. The molecule has 0 unspecified atom stereocenters. The Hall–Kier alpha value is -2.29. The van der Waals surface area contributed by atoms with Crippen LogP contribution in [0.4, 0.5) is 6.01 Å². The van der Waals surface area contributed by atoms with E-state index in [9.17, 15) is 0 Å². The van der Waals surface area contributed by atoms with Crippen LogP contribution in [0, 0.1) is 6.92 Å². The van der Waals surface area contributed by atoms with Gasteiger partial charge in [-0.15, -0.1) is 0 Å². The second kappa shape index (κ2) is 5.48. The zero-order valence-corrected chi connectivity index (χ0v) is 12.8. The number of hydrogen-bond donors (Lipinski definition) is 0. The molecular formula is C19H20N2O. The predicted octanol–water partition coefficient (Wildman–Crippen LogP) is 4.35. The van der Waals surface area contributed by atoms with E-state index in [-0.39, 0.29) is 0 Å². The summed E-state index contributed by atoms with van der Waals surface area (Å²) < 4.78 is 6.07. The van der Waals surface area contributed by atoms with Crippen LogP contribution in [-0.2, 0) is 6.42 Å². The average Bonchev–Trinajstić information content (AvgIpc) is 3.27. The normalized spacial score (nSPS) is 14.4. The lowest BCUT2D eigenvalue weighted by molar-refractivity contribution is 0.561. The van der Waals surface area contributed by atoms with Gasteiger partial charge < -0.3 is 9.32 Å². The molecule has 4 rings (SSSR count). The van der Waals surface area contributed by atoms with Gasteiger partial charge in [-0.3, -0.25) is 0 Å². The molecule has 0 N–H and O–H groups in total. The smallest absolute Gasteiger partial charge is 0.298 e. The minimum atomic E-state index is 0.595. The Kier molecular flexibility index (Phi) is 3.34. The highest BCUT2D eigenvalue weighted by atomic mass is 16.4. The summed E-state index contributed by atoms with van der Waals surface area (Å²) in [5.41, 5.74) is 4.39. The van der Waals surface area contributed by atoms with Crippen LogP contribution in [-0.4, -0.2) is 17.6 Å². The summed E-state index contributed by atoms with van der Waals surface area (Å²) in [5.74, 6) is 0. The molecule has 2 aromatic carbocycles. The zero-order chi connectivity index (χ0) is 14.9. The molecule has 22 heavy (non-hydrogen) atoms. The summed E-state index contributed by atoms with van der Waals surface area (Å²) >= 11 is 0. The predicted molar refractivity (Wildman–Crippen MR) is 89.3 cm³/mol. The maximum absolute atomic E-state index is 6.07. The molecule has 1 heterocycles.